The second-order valence-corrected chi connectivity index (χ2v) is 7.23. The number of nitrogens with one attached hydrogen (secondary N) is 1. The average Bonchev–Trinajstić information content (AvgIpc) is 3.18. The Bertz CT molecular complexity index is 617. The molecular formula is C16H20BrN3O3. The number of benzene rings is 1. The van der Waals surface area contributed by atoms with Gasteiger partial charge in [-0.1, -0.05) is 28.8 Å². The zero-order chi connectivity index (χ0) is 16.4. The Balaban J connectivity index is 1.65. The maximum absolute atomic E-state index is 12.5. The van der Waals surface area contributed by atoms with Crippen molar-refractivity contribution in [2.24, 2.45) is 5.92 Å². The summed E-state index contributed by atoms with van der Waals surface area (Å²) in [6, 6.07) is 4.93. The molecule has 1 aromatic rings. The molecule has 1 saturated heterocycles. The van der Waals surface area contributed by atoms with Crippen LogP contribution in [0.4, 0.5) is 11.4 Å². The summed E-state index contributed by atoms with van der Waals surface area (Å²) in [5.74, 6) is 0.449. The second-order valence-electron chi connectivity index (χ2n) is 6.31. The average molecular weight is 382 g/mol. The normalized spacial score (nSPS) is 21.6. The number of nitro benzene ring substituents is 1. The summed E-state index contributed by atoms with van der Waals surface area (Å²) in [6.07, 6.45) is 5.13. The molecule has 0 bridgehead atoms. The minimum absolute atomic E-state index is 0.0633. The van der Waals surface area contributed by atoms with Gasteiger partial charge in [-0.25, -0.2) is 0 Å². The van der Waals surface area contributed by atoms with Gasteiger partial charge in [0.05, 0.1) is 4.92 Å². The van der Waals surface area contributed by atoms with E-state index in [1.807, 2.05) is 4.90 Å². The number of halogens is 1. The van der Waals surface area contributed by atoms with Gasteiger partial charge in [0.1, 0.15) is 5.69 Å². The highest BCUT2D eigenvalue weighted by molar-refractivity contribution is 9.10. The third-order valence-electron chi connectivity index (χ3n) is 4.72. The molecular weight excluding hydrogens is 362 g/mol. The predicted octanol–water partition coefficient (Wildman–Crippen LogP) is 3.56. The van der Waals surface area contributed by atoms with Gasteiger partial charge < -0.3 is 10.2 Å². The first-order valence-electron chi connectivity index (χ1n) is 8.04. The van der Waals surface area contributed by atoms with E-state index in [0.717, 1.165) is 43.1 Å². The van der Waals surface area contributed by atoms with Gasteiger partial charge >= 0.3 is 0 Å². The minimum atomic E-state index is -0.384. The van der Waals surface area contributed by atoms with Crippen molar-refractivity contribution in [2.75, 3.05) is 18.4 Å². The van der Waals surface area contributed by atoms with Crippen molar-refractivity contribution >= 4 is 33.2 Å². The maximum atomic E-state index is 12.5. The topological polar surface area (TPSA) is 75.5 Å². The number of hydrogen-bond acceptors (Lipinski definition) is 4. The quantitative estimate of drug-likeness (QED) is 0.638. The van der Waals surface area contributed by atoms with E-state index in [1.54, 1.807) is 12.1 Å². The number of rotatable bonds is 4. The standard InChI is InChI=1S/C16H20BrN3O3/c17-12-5-6-15(20(22)23)14(9-12)18-13-7-8-19(10-13)16(21)11-3-1-2-4-11/h5-6,9,11,13,18H,1-4,7-8,10H2. The van der Waals surface area contributed by atoms with Crippen LogP contribution in [-0.4, -0.2) is 34.9 Å². The van der Waals surface area contributed by atoms with Crippen LogP contribution in [0.25, 0.3) is 0 Å². The van der Waals surface area contributed by atoms with E-state index in [2.05, 4.69) is 21.2 Å². The molecule has 7 heteroatoms. The first kappa shape index (κ1) is 16.2. The Kier molecular flexibility index (Phi) is 4.84. The van der Waals surface area contributed by atoms with Crippen LogP contribution in [0.2, 0.25) is 0 Å². The van der Waals surface area contributed by atoms with E-state index in [4.69, 9.17) is 0 Å². The van der Waals surface area contributed by atoms with E-state index < -0.39 is 0 Å². The molecule has 23 heavy (non-hydrogen) atoms. The van der Waals surface area contributed by atoms with Crippen LogP contribution in [0, 0.1) is 16.0 Å². The van der Waals surface area contributed by atoms with Gasteiger partial charge in [-0.2, -0.15) is 0 Å². The van der Waals surface area contributed by atoms with Crippen molar-refractivity contribution in [2.45, 2.75) is 38.1 Å². The van der Waals surface area contributed by atoms with Gasteiger partial charge in [0.15, 0.2) is 0 Å². The molecule has 2 fully saturated rings. The number of anilines is 1. The van der Waals surface area contributed by atoms with Crippen molar-refractivity contribution in [1.82, 2.24) is 4.90 Å². The van der Waals surface area contributed by atoms with Gasteiger partial charge in [-0.15, -0.1) is 0 Å². The van der Waals surface area contributed by atoms with Crippen LogP contribution >= 0.6 is 15.9 Å². The molecule has 1 aliphatic carbocycles. The van der Waals surface area contributed by atoms with Crippen molar-refractivity contribution in [3.63, 3.8) is 0 Å². The number of amides is 1. The van der Waals surface area contributed by atoms with E-state index in [9.17, 15) is 14.9 Å². The highest BCUT2D eigenvalue weighted by atomic mass is 79.9. The zero-order valence-corrected chi connectivity index (χ0v) is 14.4. The zero-order valence-electron chi connectivity index (χ0n) is 12.8. The van der Waals surface area contributed by atoms with Gasteiger partial charge in [0, 0.05) is 35.6 Å². The largest absolute Gasteiger partial charge is 0.375 e. The Morgan fingerprint density at radius 3 is 2.74 bits per heavy atom. The molecule has 1 atom stereocenters. The predicted molar refractivity (Wildman–Crippen MR) is 91.4 cm³/mol. The lowest BCUT2D eigenvalue weighted by atomic mass is 10.1. The van der Waals surface area contributed by atoms with E-state index in [1.165, 1.54) is 6.07 Å². The SMILES string of the molecule is O=C(C1CCCC1)N1CCC(Nc2cc(Br)ccc2[N+](=O)[O-])C1. The van der Waals surface area contributed by atoms with Crippen LogP contribution < -0.4 is 5.32 Å². The summed E-state index contributed by atoms with van der Waals surface area (Å²) in [5, 5.41) is 14.4. The highest BCUT2D eigenvalue weighted by Crippen LogP contribution is 2.31. The second kappa shape index (κ2) is 6.86. The summed E-state index contributed by atoms with van der Waals surface area (Å²) in [4.78, 5) is 25.1. The van der Waals surface area contributed by atoms with Crippen LogP contribution in [-0.2, 0) is 4.79 Å². The van der Waals surface area contributed by atoms with E-state index in [0.29, 0.717) is 12.2 Å². The summed E-state index contributed by atoms with van der Waals surface area (Å²) in [7, 11) is 0. The van der Waals surface area contributed by atoms with Crippen LogP contribution in [0.5, 0.6) is 0 Å². The highest BCUT2D eigenvalue weighted by Gasteiger charge is 2.32. The number of hydrogen-bond donors (Lipinski definition) is 1. The van der Waals surface area contributed by atoms with Crippen molar-refractivity contribution < 1.29 is 9.72 Å². The third-order valence-corrected chi connectivity index (χ3v) is 5.21. The van der Waals surface area contributed by atoms with Crippen LogP contribution in [0.3, 0.4) is 0 Å². The number of carbonyl (C=O) groups is 1. The Labute approximate surface area is 143 Å². The number of likely N-dealkylation sites (tertiary alicyclic amines) is 1. The van der Waals surface area contributed by atoms with Crippen molar-refractivity contribution in [3.8, 4) is 0 Å². The monoisotopic (exact) mass is 381 g/mol. The fourth-order valence-corrected chi connectivity index (χ4v) is 3.87. The smallest absolute Gasteiger partial charge is 0.292 e. The van der Waals surface area contributed by atoms with Gasteiger partial charge in [-0.3, -0.25) is 14.9 Å². The summed E-state index contributed by atoms with van der Waals surface area (Å²) in [6.45, 7) is 1.35. The van der Waals surface area contributed by atoms with Gasteiger partial charge in [0.25, 0.3) is 5.69 Å². The van der Waals surface area contributed by atoms with Crippen molar-refractivity contribution in [3.05, 3.63) is 32.8 Å². The van der Waals surface area contributed by atoms with Crippen LogP contribution in [0.1, 0.15) is 32.1 Å². The van der Waals surface area contributed by atoms with Crippen molar-refractivity contribution in [1.29, 1.82) is 0 Å². The summed E-state index contributed by atoms with van der Waals surface area (Å²) < 4.78 is 0.794. The molecule has 124 valence electrons. The molecule has 1 heterocycles. The molecule has 0 spiro atoms. The van der Waals surface area contributed by atoms with Gasteiger partial charge in [-0.05, 0) is 31.4 Å². The fraction of sp³-hybridized carbons (Fsp3) is 0.562. The molecule has 1 amide bonds. The molecule has 0 radical (unpaired) electrons. The molecule has 1 aliphatic heterocycles. The third kappa shape index (κ3) is 3.65. The van der Waals surface area contributed by atoms with Gasteiger partial charge in [0.2, 0.25) is 5.91 Å². The van der Waals surface area contributed by atoms with E-state index >= 15 is 0 Å². The molecule has 1 N–H and O–H groups in total. The lowest BCUT2D eigenvalue weighted by molar-refractivity contribution is -0.384. The number of carbonyl (C=O) groups excluding carboxylic acids is 1. The first-order chi connectivity index (χ1) is 11.0. The molecule has 1 unspecified atom stereocenters. The maximum Gasteiger partial charge on any atom is 0.292 e. The first-order valence-corrected chi connectivity index (χ1v) is 8.83. The Morgan fingerprint density at radius 1 is 1.30 bits per heavy atom. The molecule has 0 aromatic heterocycles. The number of nitrogens with zero attached hydrogens (tertiary/aromatic N) is 2. The lowest BCUT2D eigenvalue weighted by Gasteiger charge is -2.21. The Morgan fingerprint density at radius 2 is 2.04 bits per heavy atom. The lowest BCUT2D eigenvalue weighted by Crippen LogP contribution is -2.35. The summed E-state index contributed by atoms with van der Waals surface area (Å²) >= 11 is 3.35. The minimum Gasteiger partial charge on any atom is -0.375 e. The Hall–Kier alpha value is -1.63. The molecule has 2 aliphatic rings. The van der Waals surface area contributed by atoms with E-state index in [-0.39, 0.29) is 28.5 Å². The fourth-order valence-electron chi connectivity index (χ4n) is 3.51. The van der Waals surface area contributed by atoms with Crippen LogP contribution in [0.15, 0.2) is 22.7 Å². The molecule has 6 nitrogen and oxygen atoms in total. The summed E-state index contributed by atoms with van der Waals surface area (Å²) in [5.41, 5.74) is 0.568. The molecule has 1 aromatic carbocycles. The number of nitro groups is 1. The molecule has 3 rings (SSSR count). The molecule has 1 saturated carbocycles.